The Labute approximate surface area is 156 Å². The molecule has 5 rings (SSSR count). The van der Waals surface area contributed by atoms with Crippen molar-refractivity contribution in [1.82, 2.24) is 19.6 Å². The molecule has 4 aromatic rings. The molecule has 4 heterocycles. The quantitative estimate of drug-likeness (QED) is 0.603. The van der Waals surface area contributed by atoms with Crippen molar-refractivity contribution >= 4 is 28.3 Å². The van der Waals surface area contributed by atoms with Gasteiger partial charge in [0, 0.05) is 11.6 Å². The van der Waals surface area contributed by atoms with E-state index in [1.165, 1.54) is 6.33 Å². The highest BCUT2D eigenvalue weighted by molar-refractivity contribution is 5.80. The number of hydrogen-bond acceptors (Lipinski definition) is 5. The molecule has 1 saturated heterocycles. The molecule has 134 valence electrons. The van der Waals surface area contributed by atoms with Gasteiger partial charge in [-0.25, -0.2) is 9.50 Å². The Morgan fingerprint density at radius 1 is 1.11 bits per heavy atom. The Balaban J connectivity index is 1.34. The van der Waals surface area contributed by atoms with Crippen molar-refractivity contribution in [3.05, 3.63) is 72.3 Å². The molecule has 1 aromatic carbocycles. The number of hydrogen-bond donors (Lipinski definition) is 1. The van der Waals surface area contributed by atoms with Gasteiger partial charge in [0.2, 0.25) is 0 Å². The highest BCUT2D eigenvalue weighted by Crippen LogP contribution is 2.34. The lowest BCUT2D eigenvalue weighted by Crippen LogP contribution is -2.07. The summed E-state index contributed by atoms with van der Waals surface area (Å²) in [7, 11) is 0. The third-order valence-corrected chi connectivity index (χ3v) is 5.03. The van der Waals surface area contributed by atoms with Gasteiger partial charge >= 0.3 is 0 Å². The highest BCUT2D eigenvalue weighted by Gasteiger charge is 2.27. The van der Waals surface area contributed by atoms with E-state index in [9.17, 15) is 0 Å². The number of rotatable bonds is 3. The van der Waals surface area contributed by atoms with E-state index in [0.717, 1.165) is 40.5 Å². The van der Waals surface area contributed by atoms with Gasteiger partial charge in [-0.2, -0.15) is 5.10 Å². The lowest BCUT2D eigenvalue weighted by Gasteiger charge is -2.11. The molecule has 27 heavy (non-hydrogen) atoms. The molecule has 0 unspecified atom stereocenters. The standard InChI is InChI=1S/C21H19N5O/c22-21-19-9-8-18(26(19)25-13-24-21)20-10-7-16(27-20)6-4-14-3-5-15-2-1-11-23-17(15)12-14/h1-6,8-9,11-13,16,20H,7,10H2,(H2,22,24,25)/b6-4+/t16-,20-/m1/s1. The molecule has 1 aliphatic heterocycles. The molecule has 2 atom stereocenters. The topological polar surface area (TPSA) is 78.3 Å². The van der Waals surface area contributed by atoms with Gasteiger partial charge in [0.25, 0.3) is 0 Å². The van der Waals surface area contributed by atoms with Crippen molar-refractivity contribution in [3.8, 4) is 0 Å². The molecule has 0 bridgehead atoms. The van der Waals surface area contributed by atoms with Crippen LogP contribution in [-0.4, -0.2) is 25.7 Å². The molecule has 6 heteroatoms. The monoisotopic (exact) mass is 357 g/mol. The van der Waals surface area contributed by atoms with Gasteiger partial charge in [-0.3, -0.25) is 4.98 Å². The number of nitrogen functional groups attached to an aromatic ring is 1. The van der Waals surface area contributed by atoms with Crippen LogP contribution in [0, 0.1) is 0 Å². The molecular formula is C21H19N5O. The molecular weight excluding hydrogens is 338 g/mol. The number of aromatic nitrogens is 4. The third-order valence-electron chi connectivity index (χ3n) is 5.03. The van der Waals surface area contributed by atoms with Crippen molar-refractivity contribution in [2.75, 3.05) is 5.73 Å². The van der Waals surface area contributed by atoms with Crippen LogP contribution in [0.3, 0.4) is 0 Å². The molecule has 3 aromatic heterocycles. The van der Waals surface area contributed by atoms with Crippen molar-refractivity contribution in [2.24, 2.45) is 0 Å². The summed E-state index contributed by atoms with van der Waals surface area (Å²) in [5.41, 5.74) is 9.88. The zero-order chi connectivity index (χ0) is 18.2. The first kappa shape index (κ1) is 16.0. The van der Waals surface area contributed by atoms with Gasteiger partial charge in [-0.15, -0.1) is 0 Å². The fraction of sp³-hybridized carbons (Fsp3) is 0.190. The average molecular weight is 357 g/mol. The summed E-state index contributed by atoms with van der Waals surface area (Å²) in [5.74, 6) is 0.482. The minimum atomic E-state index is 0.00900. The summed E-state index contributed by atoms with van der Waals surface area (Å²) < 4.78 is 8.07. The van der Waals surface area contributed by atoms with Gasteiger partial charge in [0.15, 0.2) is 5.82 Å². The fourth-order valence-electron chi connectivity index (χ4n) is 3.64. The van der Waals surface area contributed by atoms with Crippen LogP contribution >= 0.6 is 0 Å². The number of anilines is 1. The molecule has 1 aliphatic rings. The van der Waals surface area contributed by atoms with Crippen LogP contribution in [0.4, 0.5) is 5.82 Å². The number of fused-ring (bicyclic) bond motifs is 2. The Bertz CT molecular complexity index is 1150. The second kappa shape index (κ2) is 6.48. The molecule has 6 nitrogen and oxygen atoms in total. The minimum absolute atomic E-state index is 0.00900. The number of ether oxygens (including phenoxy) is 1. The van der Waals surface area contributed by atoms with E-state index in [4.69, 9.17) is 10.5 Å². The van der Waals surface area contributed by atoms with E-state index in [1.54, 1.807) is 0 Å². The number of nitrogens with two attached hydrogens (primary N) is 1. The Kier molecular flexibility index (Phi) is 3.83. The van der Waals surface area contributed by atoms with E-state index in [-0.39, 0.29) is 12.2 Å². The molecule has 0 aliphatic carbocycles. The second-order valence-corrected chi connectivity index (χ2v) is 6.76. The highest BCUT2D eigenvalue weighted by atomic mass is 16.5. The van der Waals surface area contributed by atoms with Crippen LogP contribution in [0.2, 0.25) is 0 Å². The summed E-state index contributed by atoms with van der Waals surface area (Å²) in [4.78, 5) is 8.45. The van der Waals surface area contributed by atoms with Gasteiger partial charge in [-0.05, 0) is 42.7 Å². The maximum absolute atomic E-state index is 6.24. The smallest absolute Gasteiger partial charge is 0.151 e. The predicted octanol–water partition coefficient (Wildman–Crippen LogP) is 3.79. The Hall–Kier alpha value is -3.25. The van der Waals surface area contributed by atoms with Crippen LogP contribution in [0.1, 0.15) is 30.2 Å². The van der Waals surface area contributed by atoms with Gasteiger partial charge in [0.05, 0.1) is 17.3 Å². The van der Waals surface area contributed by atoms with Gasteiger partial charge in [0.1, 0.15) is 17.9 Å². The van der Waals surface area contributed by atoms with Gasteiger partial charge < -0.3 is 10.5 Å². The molecule has 0 radical (unpaired) electrons. The SMILES string of the molecule is Nc1ncnn2c([C@H]3CC[C@@H](/C=C/c4ccc5cccnc5c4)O3)ccc12. The van der Waals surface area contributed by atoms with Crippen molar-refractivity contribution < 1.29 is 4.74 Å². The van der Waals surface area contributed by atoms with Crippen LogP contribution < -0.4 is 5.73 Å². The lowest BCUT2D eigenvalue weighted by atomic mass is 10.1. The molecule has 0 spiro atoms. The van der Waals surface area contributed by atoms with Crippen molar-refractivity contribution in [1.29, 1.82) is 0 Å². The van der Waals surface area contributed by atoms with Crippen LogP contribution in [0.5, 0.6) is 0 Å². The molecule has 1 fully saturated rings. The van der Waals surface area contributed by atoms with Crippen LogP contribution in [0.15, 0.2) is 61.1 Å². The van der Waals surface area contributed by atoms with Crippen molar-refractivity contribution in [3.63, 3.8) is 0 Å². The second-order valence-electron chi connectivity index (χ2n) is 6.76. The third kappa shape index (κ3) is 2.94. The van der Waals surface area contributed by atoms with E-state index < -0.39 is 0 Å². The first-order valence-corrected chi connectivity index (χ1v) is 9.04. The maximum atomic E-state index is 6.24. The molecule has 0 saturated carbocycles. The maximum Gasteiger partial charge on any atom is 0.151 e. The summed E-state index contributed by atoms with van der Waals surface area (Å²) in [6.45, 7) is 0. The molecule has 2 N–H and O–H groups in total. The van der Waals surface area contributed by atoms with E-state index in [0.29, 0.717) is 5.82 Å². The van der Waals surface area contributed by atoms with Gasteiger partial charge in [-0.1, -0.05) is 30.4 Å². The Morgan fingerprint density at radius 3 is 3.04 bits per heavy atom. The number of pyridine rings is 1. The first-order chi connectivity index (χ1) is 13.3. The normalized spacial score (nSPS) is 20.1. The summed E-state index contributed by atoms with van der Waals surface area (Å²) in [6, 6.07) is 14.3. The predicted molar refractivity (Wildman–Crippen MR) is 105 cm³/mol. The molecule has 0 amide bonds. The largest absolute Gasteiger partial charge is 0.382 e. The van der Waals surface area contributed by atoms with E-state index in [1.807, 2.05) is 28.9 Å². The van der Waals surface area contributed by atoms with Crippen molar-refractivity contribution in [2.45, 2.75) is 25.0 Å². The van der Waals surface area contributed by atoms with Crippen LogP contribution in [-0.2, 0) is 4.74 Å². The number of nitrogens with zero attached hydrogens (tertiary/aromatic N) is 4. The van der Waals surface area contributed by atoms with E-state index in [2.05, 4.69) is 51.5 Å². The lowest BCUT2D eigenvalue weighted by molar-refractivity contribution is 0.0676. The zero-order valence-corrected chi connectivity index (χ0v) is 14.7. The number of benzene rings is 1. The first-order valence-electron chi connectivity index (χ1n) is 9.04. The summed E-state index contributed by atoms with van der Waals surface area (Å²) >= 11 is 0. The fourth-order valence-corrected chi connectivity index (χ4v) is 3.64. The zero-order valence-electron chi connectivity index (χ0n) is 14.7. The average Bonchev–Trinajstić information content (AvgIpc) is 3.33. The van der Waals surface area contributed by atoms with Crippen LogP contribution in [0.25, 0.3) is 22.5 Å². The Morgan fingerprint density at radius 2 is 2.07 bits per heavy atom. The van der Waals surface area contributed by atoms with E-state index >= 15 is 0 Å². The summed E-state index contributed by atoms with van der Waals surface area (Å²) in [5, 5.41) is 5.46. The summed E-state index contributed by atoms with van der Waals surface area (Å²) in [6.07, 6.45) is 9.55. The minimum Gasteiger partial charge on any atom is -0.382 e.